The minimum atomic E-state index is 0.479. The maximum absolute atomic E-state index is 5.86. The normalized spacial score (nSPS) is 42.2. The minimum absolute atomic E-state index is 0.479. The highest BCUT2D eigenvalue weighted by atomic mass is 16.5. The van der Waals surface area contributed by atoms with Gasteiger partial charge in [-0.1, -0.05) is 0 Å². The van der Waals surface area contributed by atoms with Crippen molar-refractivity contribution in [2.75, 3.05) is 39.4 Å². The van der Waals surface area contributed by atoms with E-state index in [1.54, 1.807) is 0 Å². The third kappa shape index (κ3) is 2.12. The van der Waals surface area contributed by atoms with Crippen molar-refractivity contribution in [1.82, 2.24) is 9.80 Å². The molecule has 3 fully saturated rings. The summed E-state index contributed by atoms with van der Waals surface area (Å²) in [4.78, 5) is 5.27. The number of rotatable bonds is 2. The molecule has 3 rings (SSSR count). The topological polar surface area (TPSA) is 41.7 Å². The molecule has 1 atom stereocenters. The lowest BCUT2D eigenvalue weighted by atomic mass is 9.86. The molecule has 2 aliphatic heterocycles. The molecule has 0 bridgehead atoms. The molecule has 1 saturated carbocycles. The minimum Gasteiger partial charge on any atom is -0.379 e. The van der Waals surface area contributed by atoms with Gasteiger partial charge in [-0.05, 0) is 19.3 Å². The van der Waals surface area contributed by atoms with Crippen LogP contribution in [0.4, 0.5) is 0 Å². The van der Waals surface area contributed by atoms with Crippen molar-refractivity contribution in [3.05, 3.63) is 0 Å². The van der Waals surface area contributed by atoms with Gasteiger partial charge in [0.1, 0.15) is 0 Å². The Morgan fingerprint density at radius 1 is 0.938 bits per heavy atom. The van der Waals surface area contributed by atoms with Crippen LogP contribution < -0.4 is 5.73 Å². The van der Waals surface area contributed by atoms with Gasteiger partial charge in [0.2, 0.25) is 0 Å². The number of morpholine rings is 1. The lowest BCUT2D eigenvalue weighted by molar-refractivity contribution is 0.0160. The second-order valence-electron chi connectivity index (χ2n) is 5.47. The van der Waals surface area contributed by atoms with Gasteiger partial charge in [0.15, 0.2) is 0 Å². The molecule has 0 aromatic rings. The zero-order valence-electron chi connectivity index (χ0n) is 9.98. The molecule has 4 heteroatoms. The Morgan fingerprint density at radius 3 is 2.38 bits per heavy atom. The second kappa shape index (κ2) is 4.61. The van der Waals surface area contributed by atoms with Crippen LogP contribution in [0, 0.1) is 0 Å². The van der Waals surface area contributed by atoms with E-state index in [0.717, 1.165) is 38.4 Å². The van der Waals surface area contributed by atoms with Crippen LogP contribution in [0.15, 0.2) is 0 Å². The Hall–Kier alpha value is -0.160. The summed E-state index contributed by atoms with van der Waals surface area (Å²) in [5.41, 5.74) is 5.86. The monoisotopic (exact) mass is 225 g/mol. The summed E-state index contributed by atoms with van der Waals surface area (Å²) in [5.74, 6) is 0. The van der Waals surface area contributed by atoms with Gasteiger partial charge < -0.3 is 10.5 Å². The van der Waals surface area contributed by atoms with Crippen LogP contribution in [0.3, 0.4) is 0 Å². The molecule has 0 radical (unpaired) electrons. The lowest BCUT2D eigenvalue weighted by Crippen LogP contribution is -2.51. The predicted octanol–water partition coefficient (Wildman–Crippen LogP) is -0.117. The summed E-state index contributed by atoms with van der Waals surface area (Å²) in [6.07, 6.45) is 3.78. The fraction of sp³-hybridized carbons (Fsp3) is 1.00. The molecule has 4 nitrogen and oxygen atoms in total. The van der Waals surface area contributed by atoms with Gasteiger partial charge in [-0.2, -0.15) is 0 Å². The fourth-order valence-corrected chi connectivity index (χ4v) is 3.27. The third-order valence-electron chi connectivity index (χ3n) is 4.42. The summed E-state index contributed by atoms with van der Waals surface area (Å²) in [6.45, 7) is 6.64. The molecule has 0 spiro atoms. The highest BCUT2D eigenvalue weighted by molar-refractivity contribution is 4.95. The zero-order valence-corrected chi connectivity index (χ0v) is 9.98. The quantitative estimate of drug-likeness (QED) is 0.711. The van der Waals surface area contributed by atoms with Crippen LogP contribution in [0.1, 0.15) is 19.3 Å². The van der Waals surface area contributed by atoms with Crippen LogP contribution in [0.2, 0.25) is 0 Å². The number of nitrogens with two attached hydrogens (primary N) is 1. The Bertz CT molecular complexity index is 236. The lowest BCUT2D eigenvalue weighted by Gasteiger charge is -2.40. The van der Waals surface area contributed by atoms with E-state index in [2.05, 4.69) is 9.80 Å². The van der Waals surface area contributed by atoms with Gasteiger partial charge in [-0.25, -0.2) is 0 Å². The first-order valence-corrected chi connectivity index (χ1v) is 6.64. The Morgan fingerprint density at radius 2 is 1.69 bits per heavy atom. The van der Waals surface area contributed by atoms with Crippen molar-refractivity contribution >= 4 is 0 Å². The van der Waals surface area contributed by atoms with E-state index in [1.807, 2.05) is 0 Å². The predicted molar refractivity (Wildman–Crippen MR) is 63.4 cm³/mol. The van der Waals surface area contributed by atoms with Crippen molar-refractivity contribution in [2.45, 2.75) is 37.4 Å². The smallest absolute Gasteiger partial charge is 0.0594 e. The van der Waals surface area contributed by atoms with E-state index in [-0.39, 0.29) is 0 Å². The largest absolute Gasteiger partial charge is 0.379 e. The maximum Gasteiger partial charge on any atom is 0.0594 e. The fourth-order valence-electron chi connectivity index (χ4n) is 3.27. The molecule has 16 heavy (non-hydrogen) atoms. The molecule has 0 amide bonds. The molecule has 1 aliphatic carbocycles. The van der Waals surface area contributed by atoms with Gasteiger partial charge in [-0.3, -0.25) is 9.80 Å². The molecule has 92 valence electrons. The second-order valence-corrected chi connectivity index (χ2v) is 5.47. The Kier molecular flexibility index (Phi) is 3.16. The molecule has 3 aliphatic rings. The number of hydrogen-bond donors (Lipinski definition) is 1. The van der Waals surface area contributed by atoms with Gasteiger partial charge in [0.05, 0.1) is 13.2 Å². The van der Waals surface area contributed by atoms with Crippen molar-refractivity contribution in [3.63, 3.8) is 0 Å². The van der Waals surface area contributed by atoms with Crippen LogP contribution in [-0.4, -0.2) is 67.3 Å². The summed E-state index contributed by atoms with van der Waals surface area (Å²) in [5, 5.41) is 0. The Balaban J connectivity index is 1.48. The van der Waals surface area contributed by atoms with Gasteiger partial charge in [-0.15, -0.1) is 0 Å². The highest BCUT2D eigenvalue weighted by Gasteiger charge is 2.37. The number of nitrogens with zero attached hydrogens (tertiary/aromatic N) is 2. The number of ether oxygens (including phenoxy) is 1. The number of likely N-dealkylation sites (tertiary alicyclic amines) is 1. The third-order valence-corrected chi connectivity index (χ3v) is 4.42. The molecule has 2 N–H and O–H groups in total. The molecule has 1 unspecified atom stereocenters. The van der Waals surface area contributed by atoms with E-state index >= 15 is 0 Å². The summed E-state index contributed by atoms with van der Waals surface area (Å²) in [6, 6.07) is 2.05. The summed E-state index contributed by atoms with van der Waals surface area (Å²) >= 11 is 0. The van der Waals surface area contributed by atoms with Crippen molar-refractivity contribution < 1.29 is 4.74 Å². The molecule has 0 aromatic heterocycles. The van der Waals surface area contributed by atoms with Gasteiger partial charge >= 0.3 is 0 Å². The standard InChI is InChI=1S/C12H23N3O/c13-10-7-12(8-10)15-2-1-11(9-15)14-3-5-16-6-4-14/h10-12H,1-9,13H2. The highest BCUT2D eigenvalue weighted by Crippen LogP contribution is 2.28. The summed E-state index contributed by atoms with van der Waals surface area (Å²) in [7, 11) is 0. The van der Waals surface area contributed by atoms with E-state index in [0.29, 0.717) is 6.04 Å². The first-order valence-electron chi connectivity index (χ1n) is 6.64. The van der Waals surface area contributed by atoms with E-state index < -0.39 is 0 Å². The van der Waals surface area contributed by atoms with Crippen LogP contribution in [0.25, 0.3) is 0 Å². The molecular weight excluding hydrogens is 202 g/mol. The van der Waals surface area contributed by atoms with E-state index in [1.165, 1.54) is 32.4 Å². The van der Waals surface area contributed by atoms with Crippen LogP contribution >= 0.6 is 0 Å². The van der Waals surface area contributed by atoms with Crippen molar-refractivity contribution in [3.8, 4) is 0 Å². The Labute approximate surface area is 97.7 Å². The first kappa shape index (κ1) is 11.0. The first-order chi connectivity index (χ1) is 7.83. The van der Waals surface area contributed by atoms with Crippen LogP contribution in [0.5, 0.6) is 0 Å². The number of hydrogen-bond acceptors (Lipinski definition) is 4. The van der Waals surface area contributed by atoms with Crippen molar-refractivity contribution in [2.24, 2.45) is 5.73 Å². The maximum atomic E-state index is 5.86. The van der Waals surface area contributed by atoms with E-state index in [9.17, 15) is 0 Å². The SMILES string of the molecule is NC1CC(N2CCC(N3CCOCC3)C2)C1. The van der Waals surface area contributed by atoms with Crippen LogP contribution in [-0.2, 0) is 4.74 Å². The zero-order chi connectivity index (χ0) is 11.0. The molecule has 0 aromatic carbocycles. The van der Waals surface area contributed by atoms with Crippen molar-refractivity contribution in [1.29, 1.82) is 0 Å². The molecular formula is C12H23N3O. The van der Waals surface area contributed by atoms with Gasteiger partial charge in [0.25, 0.3) is 0 Å². The molecule has 2 saturated heterocycles. The average Bonchev–Trinajstić information content (AvgIpc) is 2.75. The van der Waals surface area contributed by atoms with Gasteiger partial charge in [0, 0.05) is 44.3 Å². The average molecular weight is 225 g/mol. The summed E-state index contributed by atoms with van der Waals surface area (Å²) < 4.78 is 5.41. The molecule has 2 heterocycles. The van der Waals surface area contributed by atoms with E-state index in [4.69, 9.17) is 10.5 Å².